The number of unbranched alkanes of at least 4 members (excludes halogenated alkanes) is 1. The van der Waals surface area contributed by atoms with Crippen molar-refractivity contribution in [2.45, 2.75) is 26.2 Å². The number of nitrogens with zero attached hydrogens (tertiary/aromatic N) is 1. The zero-order valence-electron chi connectivity index (χ0n) is 9.68. The number of hydrogen-bond donors (Lipinski definition) is 0. The molecule has 0 aliphatic heterocycles. The van der Waals surface area contributed by atoms with E-state index in [0.29, 0.717) is 16.8 Å². The Morgan fingerprint density at radius 3 is 2.60 bits per heavy atom. The van der Waals surface area contributed by atoms with Gasteiger partial charge in [-0.25, -0.2) is 0 Å². The van der Waals surface area contributed by atoms with Gasteiger partial charge in [0, 0.05) is 0 Å². The monoisotopic (exact) mass is 439 g/mol. The number of ether oxygens (including phenoxy) is 1. The summed E-state index contributed by atoms with van der Waals surface area (Å²) in [7, 11) is 0. The van der Waals surface area contributed by atoms with Crippen LogP contribution in [-0.2, 0) is 4.74 Å². The van der Waals surface area contributed by atoms with Gasteiger partial charge in [-0.05, 0) is 0 Å². The fraction of sp³-hybridized carbons (Fsp3) is 0.818. The second kappa shape index (κ2) is 13.0. The molecule has 0 atom stereocenters. The van der Waals surface area contributed by atoms with Gasteiger partial charge in [-0.15, -0.1) is 0 Å². The summed E-state index contributed by atoms with van der Waals surface area (Å²) < 4.78 is 12.5. The zero-order valence-corrected chi connectivity index (χ0v) is 14.0. The van der Waals surface area contributed by atoms with Gasteiger partial charge in [0.2, 0.25) is 0 Å². The fourth-order valence-electron chi connectivity index (χ4n) is 1.10. The van der Waals surface area contributed by atoms with E-state index in [1.54, 1.807) is 0 Å². The summed E-state index contributed by atoms with van der Waals surface area (Å²) in [5.74, 6) is 0. The topological polar surface area (TPSA) is 21.6 Å². The molecule has 2 nitrogen and oxygen atoms in total. The molecule has 0 spiro atoms. The molecular weight excluding hydrogens is 416 g/mol. The summed E-state index contributed by atoms with van der Waals surface area (Å²) in [6.07, 6.45) is 3.86. The maximum absolute atomic E-state index is 5.33. The third-order valence-corrected chi connectivity index (χ3v) is 17.5. The molecule has 0 fully saturated rings. The average Bonchev–Trinajstić information content (AvgIpc) is 2.26. The predicted molar refractivity (Wildman–Crippen MR) is 89.7 cm³/mol. The van der Waals surface area contributed by atoms with Crippen molar-refractivity contribution in [2.75, 3.05) is 28.6 Å². The Morgan fingerprint density at radius 1 is 1.27 bits per heavy atom. The van der Waals surface area contributed by atoms with Crippen LogP contribution >= 0.6 is 32.6 Å². The molecule has 0 aliphatic rings. The van der Waals surface area contributed by atoms with Crippen molar-refractivity contribution < 1.29 is 4.74 Å². The van der Waals surface area contributed by atoms with Crippen LogP contribution in [0.5, 0.6) is 0 Å². The Labute approximate surface area is 107 Å². The van der Waals surface area contributed by atoms with Gasteiger partial charge in [-0.2, -0.15) is 0 Å². The van der Waals surface area contributed by atoms with Gasteiger partial charge in [0.05, 0.1) is 0 Å². The van der Waals surface area contributed by atoms with Crippen molar-refractivity contribution in [2.24, 2.45) is 4.99 Å². The molecule has 0 unspecified atom stereocenters. The Balaban J connectivity index is 3.35. The van der Waals surface area contributed by atoms with Crippen molar-refractivity contribution in [1.82, 2.24) is 0 Å². The van der Waals surface area contributed by atoms with Gasteiger partial charge in [-0.3, -0.25) is 0 Å². The molecule has 0 bridgehead atoms. The summed E-state index contributed by atoms with van der Waals surface area (Å²) in [4.78, 5) is 3.91. The molecule has 92 valence electrons. The maximum atomic E-state index is 5.33. The number of alkyl halides is 2. The Kier molecular flexibility index (Phi) is 13.9. The molecule has 0 saturated heterocycles. The van der Waals surface area contributed by atoms with E-state index >= 15 is 0 Å². The Bertz CT molecular complexity index is 165. The number of halogens is 2. The average molecular weight is 439 g/mol. The molecule has 0 saturated carbocycles. The Hall–Kier alpha value is 0.960. The number of aliphatic imine (C=N–C) groups is 1. The van der Waals surface area contributed by atoms with Crippen LogP contribution in [0.15, 0.2) is 4.99 Å². The minimum atomic E-state index is -0.610. The van der Waals surface area contributed by atoms with Gasteiger partial charge in [-0.1, -0.05) is 0 Å². The number of rotatable bonds is 11. The molecule has 0 aromatic rings. The zero-order chi connectivity index (χ0) is 11.4. The third kappa shape index (κ3) is 11.2. The van der Waals surface area contributed by atoms with Crippen molar-refractivity contribution in [3.8, 4) is 0 Å². The van der Waals surface area contributed by atoms with E-state index < -0.39 is 15.8 Å². The third-order valence-electron chi connectivity index (χ3n) is 1.88. The summed E-state index contributed by atoms with van der Waals surface area (Å²) in [5.41, 5.74) is 0. The van der Waals surface area contributed by atoms with E-state index in [-0.39, 0.29) is 0 Å². The van der Waals surface area contributed by atoms with Crippen LogP contribution in [0.2, 0.25) is 0 Å². The molecular formula is C11H23I2NO. The molecule has 0 rings (SSSR count). The predicted octanol–water partition coefficient (Wildman–Crippen LogP) is 3.72. The first-order chi connectivity index (χ1) is 7.35. The molecule has 0 heterocycles. The van der Waals surface area contributed by atoms with Crippen molar-refractivity contribution in [1.29, 1.82) is 0 Å². The second-order valence-electron chi connectivity index (χ2n) is 3.07. The SMILES string of the molecule is C=NCCCI(CCCCOCC)I=C. The quantitative estimate of drug-likeness (QED) is 0.208. The van der Waals surface area contributed by atoms with Crippen LogP contribution in [0.4, 0.5) is 0 Å². The molecule has 15 heavy (non-hydrogen) atoms. The first kappa shape index (κ1) is 16.0. The van der Waals surface area contributed by atoms with Gasteiger partial charge < -0.3 is 0 Å². The summed E-state index contributed by atoms with van der Waals surface area (Å²) in [6, 6.07) is 0. The van der Waals surface area contributed by atoms with Crippen LogP contribution in [-0.4, -0.2) is 39.8 Å². The van der Waals surface area contributed by atoms with Crippen LogP contribution < -0.4 is 0 Å². The fourth-order valence-corrected chi connectivity index (χ4v) is 12.5. The summed E-state index contributed by atoms with van der Waals surface area (Å²) in [5, 5.41) is 0. The first-order valence-electron chi connectivity index (χ1n) is 5.36. The molecule has 0 aliphatic carbocycles. The van der Waals surface area contributed by atoms with E-state index in [0.717, 1.165) is 19.8 Å². The van der Waals surface area contributed by atoms with Gasteiger partial charge in [0.1, 0.15) is 0 Å². The van der Waals surface area contributed by atoms with Gasteiger partial charge >= 0.3 is 108 Å². The van der Waals surface area contributed by atoms with E-state index in [9.17, 15) is 0 Å². The molecule has 0 aromatic carbocycles. The number of hydrogen-bond acceptors (Lipinski definition) is 2. The van der Waals surface area contributed by atoms with Crippen molar-refractivity contribution >= 4 is 43.8 Å². The van der Waals surface area contributed by atoms with Crippen LogP contribution in [0.1, 0.15) is 26.2 Å². The summed E-state index contributed by atoms with van der Waals surface area (Å²) >= 11 is -0.308. The molecule has 0 N–H and O–H groups in total. The van der Waals surface area contributed by atoms with Crippen LogP contribution in [0.3, 0.4) is 0 Å². The van der Waals surface area contributed by atoms with Gasteiger partial charge in [0.15, 0.2) is 0 Å². The first-order valence-corrected chi connectivity index (χ1v) is 16.2. The molecule has 0 amide bonds. The van der Waals surface area contributed by atoms with E-state index in [1.165, 1.54) is 28.1 Å². The summed E-state index contributed by atoms with van der Waals surface area (Å²) in [6.45, 7) is 8.34. The van der Waals surface area contributed by atoms with E-state index in [4.69, 9.17) is 4.74 Å². The van der Waals surface area contributed by atoms with Gasteiger partial charge in [0.25, 0.3) is 0 Å². The van der Waals surface area contributed by atoms with Crippen molar-refractivity contribution in [3.63, 3.8) is 0 Å². The standard InChI is InChI=1S/C11H23I2NO/c1-4-15-11-6-5-8-13(12-2)9-7-10-14-3/h2-11H2,1H3. The minimum absolute atomic E-state index is 0.301. The molecule has 4 heteroatoms. The van der Waals surface area contributed by atoms with E-state index in [1.807, 2.05) is 0 Å². The molecule has 0 radical (unpaired) electrons. The normalized spacial score (nSPS) is 11.4. The van der Waals surface area contributed by atoms with E-state index in [2.05, 4.69) is 23.1 Å². The second-order valence-corrected chi connectivity index (χ2v) is 19.6. The van der Waals surface area contributed by atoms with Crippen LogP contribution in [0, 0.1) is 0 Å². The van der Waals surface area contributed by atoms with Crippen LogP contribution in [0.25, 0.3) is 0 Å². The molecule has 0 aromatic heterocycles. The van der Waals surface area contributed by atoms with Crippen molar-refractivity contribution in [3.05, 3.63) is 0 Å². The Morgan fingerprint density at radius 2 is 2.00 bits per heavy atom.